The van der Waals surface area contributed by atoms with E-state index in [1.807, 2.05) is 51.1 Å². The Balaban J connectivity index is 1.82. The van der Waals surface area contributed by atoms with Crippen LogP contribution >= 0.6 is 0 Å². The van der Waals surface area contributed by atoms with Gasteiger partial charge in [0.25, 0.3) is 5.91 Å². The van der Waals surface area contributed by atoms with Crippen LogP contribution in [0.1, 0.15) is 35.0 Å². The number of hydrogen-bond donors (Lipinski definition) is 1. The van der Waals surface area contributed by atoms with Gasteiger partial charge < -0.3 is 14.4 Å². The Kier molecular flexibility index (Phi) is 5.42. The highest BCUT2D eigenvalue weighted by atomic mass is 16.5. The van der Waals surface area contributed by atoms with E-state index in [9.17, 15) is 9.90 Å². The van der Waals surface area contributed by atoms with Crippen LogP contribution in [0, 0.1) is 13.8 Å². The molecule has 4 rings (SSSR count). The monoisotopic (exact) mass is 416 g/mol. The number of methoxy groups -OCH3 is 1. The van der Waals surface area contributed by atoms with Gasteiger partial charge in [0, 0.05) is 23.0 Å². The fourth-order valence-electron chi connectivity index (χ4n) is 3.78. The first kappa shape index (κ1) is 20.5. The van der Waals surface area contributed by atoms with Gasteiger partial charge in [0.15, 0.2) is 5.69 Å². The van der Waals surface area contributed by atoms with Crippen LogP contribution in [-0.4, -0.2) is 27.7 Å². The predicted molar refractivity (Wildman–Crippen MR) is 121 cm³/mol. The first-order valence-corrected chi connectivity index (χ1v) is 10.2. The topological polar surface area (TPSA) is 89.1 Å². The molecule has 1 amide bonds. The van der Waals surface area contributed by atoms with Crippen LogP contribution in [0.15, 0.2) is 52.7 Å². The number of carbonyl (C=O) groups excluding carboxylic acids is 1. The predicted octanol–water partition coefficient (Wildman–Crippen LogP) is 5.85. The quantitative estimate of drug-likeness (QED) is 0.413. The van der Waals surface area contributed by atoms with Crippen molar-refractivity contribution in [2.75, 3.05) is 7.11 Å². The minimum Gasteiger partial charge on any atom is -0.497 e. The Morgan fingerprint density at radius 1 is 1.13 bits per heavy atom. The van der Waals surface area contributed by atoms with Crippen molar-refractivity contribution in [3.05, 3.63) is 59.3 Å². The minimum atomic E-state index is -0.486. The van der Waals surface area contributed by atoms with Crippen LogP contribution in [0.2, 0.25) is 0 Å². The first-order chi connectivity index (χ1) is 14.9. The van der Waals surface area contributed by atoms with Crippen molar-refractivity contribution in [3.8, 4) is 11.6 Å². The number of aromatic hydroxyl groups is 1. The molecule has 7 nitrogen and oxygen atoms in total. The van der Waals surface area contributed by atoms with Gasteiger partial charge in [-0.05, 0) is 56.7 Å². The van der Waals surface area contributed by atoms with Crippen molar-refractivity contribution < 1.29 is 14.6 Å². The zero-order chi connectivity index (χ0) is 22.1. The third-order valence-electron chi connectivity index (χ3n) is 5.23. The fraction of sp³-hybridized carbons (Fsp3) is 0.250. The van der Waals surface area contributed by atoms with Gasteiger partial charge in [-0.2, -0.15) is 0 Å². The molecule has 0 radical (unpaired) electrons. The van der Waals surface area contributed by atoms with E-state index in [2.05, 4.69) is 15.2 Å². The van der Waals surface area contributed by atoms with Crippen molar-refractivity contribution in [2.24, 2.45) is 10.2 Å². The van der Waals surface area contributed by atoms with Crippen molar-refractivity contribution in [1.82, 2.24) is 9.55 Å². The molecule has 0 aliphatic carbocycles. The van der Waals surface area contributed by atoms with Crippen molar-refractivity contribution in [3.63, 3.8) is 0 Å². The molecule has 0 aliphatic rings. The van der Waals surface area contributed by atoms with Crippen molar-refractivity contribution in [1.29, 1.82) is 0 Å². The molecule has 2 heterocycles. The van der Waals surface area contributed by atoms with Crippen LogP contribution in [0.3, 0.4) is 0 Å². The lowest BCUT2D eigenvalue weighted by atomic mass is 10.1. The summed E-state index contributed by atoms with van der Waals surface area (Å²) in [7, 11) is 1.58. The molecular weight excluding hydrogens is 392 g/mol. The summed E-state index contributed by atoms with van der Waals surface area (Å²) in [6.07, 6.45) is 0.834. The van der Waals surface area contributed by atoms with E-state index < -0.39 is 5.91 Å². The number of hydrogen-bond acceptors (Lipinski definition) is 5. The van der Waals surface area contributed by atoms with E-state index >= 15 is 0 Å². The highest BCUT2D eigenvalue weighted by Crippen LogP contribution is 2.40. The van der Waals surface area contributed by atoms with Crippen molar-refractivity contribution in [2.45, 2.75) is 33.7 Å². The molecule has 158 valence electrons. The second-order valence-electron chi connectivity index (χ2n) is 7.54. The summed E-state index contributed by atoms with van der Waals surface area (Å²) in [4.78, 5) is 17.5. The molecule has 0 spiro atoms. The molecule has 2 aromatic heterocycles. The van der Waals surface area contributed by atoms with E-state index in [-0.39, 0.29) is 11.6 Å². The van der Waals surface area contributed by atoms with Gasteiger partial charge in [-0.15, -0.1) is 10.2 Å². The number of aromatic nitrogens is 2. The number of pyridine rings is 1. The summed E-state index contributed by atoms with van der Waals surface area (Å²) in [6, 6.07) is 13.0. The third-order valence-corrected chi connectivity index (χ3v) is 5.23. The highest BCUT2D eigenvalue weighted by molar-refractivity contribution is 6.07. The van der Waals surface area contributed by atoms with Crippen LogP contribution < -0.4 is 4.74 Å². The van der Waals surface area contributed by atoms with E-state index in [0.717, 1.165) is 34.1 Å². The standard InChI is InChI=1S/C24H24N4O3/c1-5-10-28-21-9-7-16(31-4)13-19(21)22(24(28)30)26-27-23(29)18-12-15(3)25-20-8-6-14(2)11-17(18)20/h6-9,11-13,30H,5,10H2,1-4H3. The molecule has 0 fully saturated rings. The van der Waals surface area contributed by atoms with Crippen LogP contribution in [-0.2, 0) is 6.54 Å². The molecule has 2 aromatic carbocycles. The van der Waals surface area contributed by atoms with Crippen LogP contribution in [0.5, 0.6) is 11.6 Å². The summed E-state index contributed by atoms with van der Waals surface area (Å²) in [5, 5.41) is 20.3. The number of nitrogens with zero attached hydrogens (tertiary/aromatic N) is 4. The van der Waals surface area contributed by atoms with Crippen LogP contribution in [0.25, 0.3) is 21.8 Å². The van der Waals surface area contributed by atoms with Gasteiger partial charge in [-0.3, -0.25) is 9.78 Å². The number of ether oxygens (including phenoxy) is 1. The lowest BCUT2D eigenvalue weighted by Crippen LogP contribution is -1.99. The summed E-state index contributed by atoms with van der Waals surface area (Å²) in [6.45, 7) is 6.44. The molecule has 0 aliphatic heterocycles. The Bertz CT molecular complexity index is 1340. The van der Waals surface area contributed by atoms with E-state index in [1.165, 1.54) is 0 Å². The number of fused-ring (bicyclic) bond motifs is 2. The summed E-state index contributed by atoms with van der Waals surface area (Å²) < 4.78 is 7.08. The Morgan fingerprint density at radius 3 is 2.68 bits per heavy atom. The molecule has 0 unspecified atom stereocenters. The molecular formula is C24H24N4O3. The number of aryl methyl sites for hydroxylation is 3. The molecule has 0 saturated carbocycles. The van der Waals surface area contributed by atoms with Gasteiger partial charge in [0.1, 0.15) is 5.75 Å². The minimum absolute atomic E-state index is 0.0201. The fourth-order valence-corrected chi connectivity index (χ4v) is 3.78. The van der Waals surface area contributed by atoms with E-state index in [4.69, 9.17) is 4.74 Å². The average Bonchev–Trinajstić information content (AvgIpc) is 3.02. The molecule has 0 saturated heterocycles. The maximum Gasteiger partial charge on any atom is 0.296 e. The second-order valence-corrected chi connectivity index (χ2v) is 7.54. The number of benzene rings is 2. The largest absolute Gasteiger partial charge is 0.497 e. The van der Waals surface area contributed by atoms with Gasteiger partial charge >= 0.3 is 0 Å². The zero-order valence-corrected chi connectivity index (χ0v) is 18.0. The molecule has 7 heteroatoms. The number of azo groups is 1. The SMILES string of the molecule is CCCn1c(O)c(N=NC(=O)c2cc(C)nc3ccc(C)cc23)c2cc(OC)ccc21. The normalized spacial score (nSPS) is 11.6. The Hall–Kier alpha value is -3.74. The third kappa shape index (κ3) is 3.74. The maximum atomic E-state index is 13.0. The van der Waals surface area contributed by atoms with Crippen molar-refractivity contribution >= 4 is 33.4 Å². The maximum absolute atomic E-state index is 13.0. The number of carbonyl (C=O) groups is 1. The second kappa shape index (κ2) is 8.18. The molecule has 4 aromatic rings. The highest BCUT2D eigenvalue weighted by Gasteiger charge is 2.18. The average molecular weight is 416 g/mol. The van der Waals surface area contributed by atoms with Gasteiger partial charge in [0.05, 0.1) is 23.7 Å². The lowest BCUT2D eigenvalue weighted by Gasteiger charge is -2.05. The first-order valence-electron chi connectivity index (χ1n) is 10.2. The van der Waals surface area contributed by atoms with E-state index in [1.54, 1.807) is 23.8 Å². The molecule has 0 atom stereocenters. The Labute approximate surface area is 180 Å². The smallest absolute Gasteiger partial charge is 0.296 e. The molecule has 1 N–H and O–H groups in total. The number of rotatable bonds is 5. The summed E-state index contributed by atoms with van der Waals surface area (Å²) in [5.74, 6) is 0.128. The lowest BCUT2D eigenvalue weighted by molar-refractivity contribution is 0.0996. The molecule has 31 heavy (non-hydrogen) atoms. The van der Waals surface area contributed by atoms with E-state index in [0.29, 0.717) is 23.2 Å². The summed E-state index contributed by atoms with van der Waals surface area (Å²) in [5.41, 5.74) is 3.98. The van der Waals surface area contributed by atoms with Crippen LogP contribution in [0.4, 0.5) is 5.69 Å². The van der Waals surface area contributed by atoms with Gasteiger partial charge in [-0.25, -0.2) is 0 Å². The number of amides is 1. The van der Waals surface area contributed by atoms with Gasteiger partial charge in [-0.1, -0.05) is 18.6 Å². The van der Waals surface area contributed by atoms with Gasteiger partial charge in [0.2, 0.25) is 5.88 Å². The summed E-state index contributed by atoms with van der Waals surface area (Å²) >= 11 is 0. The molecule has 0 bridgehead atoms. The Morgan fingerprint density at radius 2 is 1.94 bits per heavy atom. The zero-order valence-electron chi connectivity index (χ0n) is 18.0.